The molecule has 2 aromatic carbocycles. The minimum Gasteiger partial charge on any atom is -0.463 e. The summed E-state index contributed by atoms with van der Waals surface area (Å²) in [6.07, 6.45) is -4.70. The number of hydrogen-bond acceptors (Lipinski definition) is 3. The summed E-state index contributed by atoms with van der Waals surface area (Å²) in [4.78, 5) is 12.1. The summed E-state index contributed by atoms with van der Waals surface area (Å²) < 4.78 is 46.7. The molecule has 0 unspecified atom stereocenters. The smallest absolute Gasteiger partial charge is 0.431 e. The molecule has 0 amide bonds. The first kappa shape index (κ1) is 23.2. The normalized spacial score (nSPS) is 14.4. The van der Waals surface area contributed by atoms with Crippen LogP contribution in [0.1, 0.15) is 34.7 Å². The first-order valence-corrected chi connectivity index (χ1v) is 9.73. The quantitative estimate of drug-likeness (QED) is 0.573. The molecule has 156 valence electrons. The Hall–Kier alpha value is -2.12. The Bertz CT molecular complexity index is 910. The highest BCUT2D eigenvalue weighted by Gasteiger charge is 2.59. The minimum absolute atomic E-state index is 0.0976. The minimum atomic E-state index is -5.26. The average molecular weight is 471 g/mol. The first-order valence-electron chi connectivity index (χ1n) is 8.94. The molecule has 3 nitrogen and oxygen atoms in total. The monoisotopic (exact) mass is 470 g/mol. The van der Waals surface area contributed by atoms with Crippen LogP contribution in [0.2, 0.25) is 0 Å². The van der Waals surface area contributed by atoms with E-state index in [0.29, 0.717) is 17.2 Å². The highest BCUT2D eigenvalue weighted by molar-refractivity contribution is 9.10. The molecule has 29 heavy (non-hydrogen) atoms. The lowest BCUT2D eigenvalue weighted by Crippen LogP contribution is -2.51. The number of benzene rings is 2. The lowest BCUT2D eigenvalue weighted by molar-refractivity contribution is -0.245. The van der Waals surface area contributed by atoms with Gasteiger partial charge in [-0.05, 0) is 73.7 Å². The molecule has 0 fully saturated rings. The van der Waals surface area contributed by atoms with E-state index in [4.69, 9.17) is 0 Å². The Morgan fingerprint density at radius 3 is 2.07 bits per heavy atom. The molecule has 0 bridgehead atoms. The van der Waals surface area contributed by atoms with Crippen molar-refractivity contribution in [2.75, 3.05) is 6.61 Å². The van der Waals surface area contributed by atoms with Crippen LogP contribution in [0.3, 0.4) is 0 Å². The van der Waals surface area contributed by atoms with Crippen LogP contribution in [0.25, 0.3) is 5.57 Å². The maximum Gasteiger partial charge on any atom is 0.431 e. The van der Waals surface area contributed by atoms with E-state index < -0.39 is 17.7 Å². The standard InChI is InChI=1S/C22H22BrF3O3/c1-5-29-20(27)21(28,22(24,25)26)12-18(16-6-8-17(23)9-7-16)19-14(3)10-13(2)11-15(19)4/h6-12,28H,5H2,1-4H3/b18-12+/t21-/m1/s1. The number of rotatable bonds is 5. The van der Waals surface area contributed by atoms with Crippen LogP contribution < -0.4 is 0 Å². The summed E-state index contributed by atoms with van der Waals surface area (Å²) in [5.41, 5.74) is -0.333. The molecule has 1 N–H and O–H groups in total. The van der Waals surface area contributed by atoms with Gasteiger partial charge in [0.25, 0.3) is 5.60 Å². The second kappa shape index (κ2) is 8.71. The Morgan fingerprint density at radius 2 is 1.62 bits per heavy atom. The van der Waals surface area contributed by atoms with Gasteiger partial charge in [0.2, 0.25) is 0 Å². The van der Waals surface area contributed by atoms with Gasteiger partial charge in [0, 0.05) is 4.47 Å². The molecule has 1 atom stereocenters. The van der Waals surface area contributed by atoms with Crippen molar-refractivity contribution < 1.29 is 27.8 Å². The molecule has 0 aliphatic carbocycles. The van der Waals surface area contributed by atoms with Crippen LogP contribution in [0.15, 0.2) is 46.9 Å². The second-order valence-electron chi connectivity index (χ2n) is 6.82. The van der Waals surface area contributed by atoms with Gasteiger partial charge in [-0.2, -0.15) is 13.2 Å². The average Bonchev–Trinajstić information content (AvgIpc) is 2.59. The summed E-state index contributed by atoms with van der Waals surface area (Å²) in [6.45, 7) is 6.53. The highest BCUT2D eigenvalue weighted by Crippen LogP contribution is 2.39. The van der Waals surface area contributed by atoms with E-state index in [1.165, 1.54) is 6.92 Å². The molecule has 0 saturated heterocycles. The van der Waals surface area contributed by atoms with Crippen molar-refractivity contribution in [3.8, 4) is 0 Å². The number of esters is 1. The zero-order valence-corrected chi connectivity index (χ0v) is 18.1. The number of carbonyl (C=O) groups is 1. The topological polar surface area (TPSA) is 46.5 Å². The fraction of sp³-hybridized carbons (Fsp3) is 0.318. The van der Waals surface area contributed by atoms with Crippen molar-refractivity contribution >= 4 is 27.5 Å². The third-order valence-electron chi connectivity index (χ3n) is 4.47. The molecule has 2 rings (SSSR count). The number of halogens is 4. The molecular formula is C22H22BrF3O3. The Morgan fingerprint density at radius 1 is 1.10 bits per heavy atom. The molecular weight excluding hydrogens is 449 g/mol. The molecule has 0 radical (unpaired) electrons. The van der Waals surface area contributed by atoms with Crippen LogP contribution in [-0.4, -0.2) is 29.5 Å². The maximum absolute atomic E-state index is 13.8. The second-order valence-corrected chi connectivity index (χ2v) is 7.74. The van der Waals surface area contributed by atoms with Gasteiger partial charge in [-0.25, -0.2) is 4.79 Å². The molecule has 0 aliphatic heterocycles. The zero-order chi connectivity index (χ0) is 22.0. The van der Waals surface area contributed by atoms with Gasteiger partial charge < -0.3 is 9.84 Å². The van der Waals surface area contributed by atoms with Gasteiger partial charge in [0.1, 0.15) is 0 Å². The zero-order valence-electron chi connectivity index (χ0n) is 16.5. The number of alkyl halides is 3. The summed E-state index contributed by atoms with van der Waals surface area (Å²) >= 11 is 3.30. The number of hydrogen-bond donors (Lipinski definition) is 1. The van der Waals surface area contributed by atoms with E-state index in [2.05, 4.69) is 20.7 Å². The van der Waals surface area contributed by atoms with Crippen molar-refractivity contribution in [1.82, 2.24) is 0 Å². The van der Waals surface area contributed by atoms with Gasteiger partial charge in [-0.15, -0.1) is 0 Å². The van der Waals surface area contributed by atoms with Crippen molar-refractivity contribution in [3.05, 3.63) is 74.8 Å². The van der Waals surface area contributed by atoms with Crippen molar-refractivity contribution in [3.63, 3.8) is 0 Å². The van der Waals surface area contributed by atoms with Gasteiger partial charge >= 0.3 is 12.1 Å². The van der Waals surface area contributed by atoms with Crippen LogP contribution in [0.4, 0.5) is 13.2 Å². The summed E-state index contributed by atoms with van der Waals surface area (Å²) in [6, 6.07) is 10.3. The van der Waals surface area contributed by atoms with E-state index >= 15 is 0 Å². The van der Waals surface area contributed by atoms with E-state index in [9.17, 15) is 23.1 Å². The summed E-state index contributed by atoms with van der Waals surface area (Å²) in [5.74, 6) is -1.76. The Labute approximate surface area is 176 Å². The van der Waals surface area contributed by atoms with Crippen LogP contribution in [0, 0.1) is 20.8 Å². The van der Waals surface area contributed by atoms with E-state index in [1.807, 2.05) is 19.1 Å². The lowest BCUT2D eigenvalue weighted by atomic mass is 9.86. The summed E-state index contributed by atoms with van der Waals surface area (Å²) in [5, 5.41) is 10.4. The predicted molar refractivity (Wildman–Crippen MR) is 110 cm³/mol. The van der Waals surface area contributed by atoms with Crippen LogP contribution >= 0.6 is 15.9 Å². The third kappa shape index (κ3) is 4.90. The highest BCUT2D eigenvalue weighted by atomic mass is 79.9. The maximum atomic E-state index is 13.8. The van der Waals surface area contributed by atoms with E-state index in [0.717, 1.165) is 21.2 Å². The Balaban J connectivity index is 2.86. The lowest BCUT2D eigenvalue weighted by Gasteiger charge is -2.27. The fourth-order valence-corrected chi connectivity index (χ4v) is 3.50. The van der Waals surface area contributed by atoms with Crippen LogP contribution in [-0.2, 0) is 9.53 Å². The Kier molecular flexibility index (Phi) is 6.96. The van der Waals surface area contributed by atoms with Crippen molar-refractivity contribution in [2.24, 2.45) is 0 Å². The molecule has 2 aromatic rings. The fourth-order valence-electron chi connectivity index (χ4n) is 3.24. The third-order valence-corrected chi connectivity index (χ3v) is 5.00. The first-order chi connectivity index (χ1) is 13.4. The van der Waals surface area contributed by atoms with Crippen LogP contribution in [0.5, 0.6) is 0 Å². The van der Waals surface area contributed by atoms with Gasteiger partial charge in [-0.3, -0.25) is 0 Å². The largest absolute Gasteiger partial charge is 0.463 e. The van der Waals surface area contributed by atoms with Gasteiger partial charge in [-0.1, -0.05) is 45.8 Å². The molecule has 0 heterocycles. The van der Waals surface area contributed by atoms with E-state index in [-0.39, 0.29) is 12.2 Å². The van der Waals surface area contributed by atoms with Gasteiger partial charge in [0.05, 0.1) is 6.61 Å². The summed E-state index contributed by atoms with van der Waals surface area (Å²) in [7, 11) is 0. The van der Waals surface area contributed by atoms with E-state index in [1.54, 1.807) is 38.1 Å². The number of carbonyl (C=O) groups excluding carboxylic acids is 1. The van der Waals surface area contributed by atoms with Crippen molar-refractivity contribution in [2.45, 2.75) is 39.5 Å². The number of aliphatic hydroxyl groups is 1. The molecule has 0 spiro atoms. The predicted octanol–water partition coefficient (Wildman–Crippen LogP) is 5.66. The van der Waals surface area contributed by atoms with Gasteiger partial charge in [0.15, 0.2) is 0 Å². The molecule has 0 aliphatic rings. The molecule has 0 aromatic heterocycles. The molecule has 0 saturated carbocycles. The number of aryl methyl sites for hydroxylation is 3. The number of ether oxygens (including phenoxy) is 1. The van der Waals surface area contributed by atoms with Crippen molar-refractivity contribution in [1.29, 1.82) is 0 Å². The SMILES string of the molecule is CCOC(=O)[C@](O)(/C=C(\c1ccc(Br)cc1)c1c(C)cc(C)cc1C)C(F)(F)F. The molecule has 7 heteroatoms.